The minimum Gasteiger partial charge on any atom is -0.297 e. The molecular formula is C20H15Cl2N5OS3. The lowest BCUT2D eigenvalue weighted by atomic mass is 10.2. The molecule has 0 bridgehead atoms. The molecule has 0 aliphatic rings. The van der Waals surface area contributed by atoms with Crippen LogP contribution in [0.25, 0.3) is 10.1 Å². The van der Waals surface area contributed by atoms with Gasteiger partial charge in [0.1, 0.15) is 10.7 Å². The highest BCUT2D eigenvalue weighted by Crippen LogP contribution is 2.36. The molecule has 4 aromatic rings. The normalized spacial score (nSPS) is 10.9. The molecule has 1 amide bonds. The van der Waals surface area contributed by atoms with Gasteiger partial charge in [0, 0.05) is 20.9 Å². The Hall–Kier alpha value is -2.17. The molecule has 2 heterocycles. The standard InChI is InChI=1S/C20H15Cl2N5OS3/c1-11-24-25-20(30-10-12-5-3-2-4-6-12)27(11)26-19(29)23-18(28)17-16(22)14-8-7-13(21)9-15(14)31-17/h2-9H,10H2,1H3,(H2,23,26,28,29). The van der Waals surface area contributed by atoms with Crippen LogP contribution in [0.15, 0.2) is 53.7 Å². The first-order chi connectivity index (χ1) is 14.9. The Morgan fingerprint density at radius 1 is 1.19 bits per heavy atom. The predicted octanol–water partition coefficient (Wildman–Crippen LogP) is 5.66. The number of hydrogen-bond donors (Lipinski definition) is 2. The second-order valence-corrected chi connectivity index (χ2v) is 9.64. The summed E-state index contributed by atoms with van der Waals surface area (Å²) in [5, 5.41) is 13.4. The van der Waals surface area contributed by atoms with Crippen molar-refractivity contribution in [1.29, 1.82) is 0 Å². The highest BCUT2D eigenvalue weighted by molar-refractivity contribution is 7.98. The molecule has 2 N–H and O–H groups in total. The number of halogens is 2. The molecule has 6 nitrogen and oxygen atoms in total. The van der Waals surface area contributed by atoms with Crippen LogP contribution in [-0.4, -0.2) is 25.9 Å². The fourth-order valence-electron chi connectivity index (χ4n) is 2.76. The summed E-state index contributed by atoms with van der Waals surface area (Å²) in [5.74, 6) is 0.936. The first kappa shape index (κ1) is 22.0. The van der Waals surface area contributed by atoms with Gasteiger partial charge in [0.15, 0.2) is 5.11 Å². The van der Waals surface area contributed by atoms with Crippen molar-refractivity contribution in [3.63, 3.8) is 0 Å². The third-order valence-corrected chi connectivity index (χ3v) is 7.33. The number of nitrogens with one attached hydrogen (secondary N) is 2. The van der Waals surface area contributed by atoms with E-state index in [1.165, 1.54) is 23.1 Å². The van der Waals surface area contributed by atoms with Gasteiger partial charge in [-0.25, -0.2) is 4.68 Å². The van der Waals surface area contributed by atoms with E-state index in [0.717, 1.165) is 21.4 Å². The van der Waals surface area contributed by atoms with Crippen LogP contribution < -0.4 is 10.7 Å². The maximum Gasteiger partial charge on any atom is 0.269 e. The molecule has 2 aromatic carbocycles. The number of carbonyl (C=O) groups is 1. The molecule has 2 aromatic heterocycles. The maximum atomic E-state index is 12.7. The fraction of sp³-hybridized carbons (Fsp3) is 0.100. The topological polar surface area (TPSA) is 71.8 Å². The number of aryl methyl sites for hydroxylation is 1. The van der Waals surface area contributed by atoms with E-state index in [-0.39, 0.29) is 5.11 Å². The molecular weight excluding hydrogens is 493 g/mol. The van der Waals surface area contributed by atoms with Gasteiger partial charge in [-0.3, -0.25) is 15.5 Å². The van der Waals surface area contributed by atoms with Gasteiger partial charge in [-0.15, -0.1) is 21.5 Å². The second-order valence-electron chi connectivity index (χ2n) is 6.42. The van der Waals surface area contributed by atoms with E-state index in [2.05, 4.69) is 20.9 Å². The van der Waals surface area contributed by atoms with Crippen LogP contribution in [0.4, 0.5) is 0 Å². The van der Waals surface area contributed by atoms with Crippen molar-refractivity contribution in [2.24, 2.45) is 0 Å². The Labute approximate surface area is 201 Å². The third kappa shape index (κ3) is 5.02. The number of thiophene rings is 1. The van der Waals surface area contributed by atoms with Crippen LogP contribution in [0.3, 0.4) is 0 Å². The van der Waals surface area contributed by atoms with Gasteiger partial charge in [0.2, 0.25) is 5.16 Å². The van der Waals surface area contributed by atoms with Crippen molar-refractivity contribution in [3.05, 3.63) is 74.8 Å². The highest BCUT2D eigenvalue weighted by atomic mass is 35.5. The summed E-state index contributed by atoms with van der Waals surface area (Å²) in [5.41, 5.74) is 4.13. The molecule has 0 atom stereocenters. The van der Waals surface area contributed by atoms with E-state index in [1.807, 2.05) is 30.3 Å². The Kier molecular flexibility index (Phi) is 6.78. The SMILES string of the molecule is Cc1nnc(SCc2ccccc2)n1NC(=S)NC(=O)c1sc2cc(Cl)ccc2c1Cl. The molecule has 4 rings (SSSR count). The minimum absolute atomic E-state index is 0.112. The van der Waals surface area contributed by atoms with Gasteiger partial charge in [-0.1, -0.05) is 71.4 Å². The summed E-state index contributed by atoms with van der Waals surface area (Å²) in [6, 6.07) is 15.3. The largest absolute Gasteiger partial charge is 0.297 e. The molecule has 0 aliphatic heterocycles. The fourth-order valence-corrected chi connectivity index (χ4v) is 5.53. The van der Waals surface area contributed by atoms with Crippen molar-refractivity contribution in [3.8, 4) is 0 Å². The molecule has 158 valence electrons. The van der Waals surface area contributed by atoms with Crippen LogP contribution in [0, 0.1) is 6.92 Å². The Bertz CT molecular complexity index is 1270. The summed E-state index contributed by atoms with van der Waals surface area (Å²) in [6.45, 7) is 1.80. The summed E-state index contributed by atoms with van der Waals surface area (Å²) < 4.78 is 2.47. The lowest BCUT2D eigenvalue weighted by Crippen LogP contribution is -2.38. The predicted molar refractivity (Wildman–Crippen MR) is 132 cm³/mol. The van der Waals surface area contributed by atoms with Crippen molar-refractivity contribution < 1.29 is 4.79 Å². The van der Waals surface area contributed by atoms with Gasteiger partial charge < -0.3 is 0 Å². The summed E-state index contributed by atoms with van der Waals surface area (Å²) >= 11 is 20.5. The van der Waals surface area contributed by atoms with E-state index in [9.17, 15) is 4.79 Å². The van der Waals surface area contributed by atoms with Gasteiger partial charge in [-0.2, -0.15) is 0 Å². The first-order valence-corrected chi connectivity index (χ1v) is 12.0. The number of nitrogens with zero attached hydrogens (tertiary/aromatic N) is 3. The van der Waals surface area contributed by atoms with Crippen molar-refractivity contribution in [2.75, 3.05) is 5.43 Å². The van der Waals surface area contributed by atoms with Crippen LogP contribution in [0.1, 0.15) is 21.1 Å². The molecule has 31 heavy (non-hydrogen) atoms. The van der Waals surface area contributed by atoms with Gasteiger partial charge in [0.25, 0.3) is 5.91 Å². The number of thiocarbonyl (C=S) groups is 1. The Balaban J connectivity index is 1.45. The Morgan fingerprint density at radius 3 is 2.74 bits per heavy atom. The van der Waals surface area contributed by atoms with Gasteiger partial charge in [-0.05, 0) is 36.8 Å². The zero-order valence-electron chi connectivity index (χ0n) is 16.1. The summed E-state index contributed by atoms with van der Waals surface area (Å²) in [4.78, 5) is 13.1. The summed E-state index contributed by atoms with van der Waals surface area (Å²) in [6.07, 6.45) is 0. The van der Waals surface area contributed by atoms with E-state index in [0.29, 0.717) is 25.9 Å². The van der Waals surface area contributed by atoms with E-state index in [4.69, 9.17) is 35.4 Å². The number of carbonyl (C=O) groups excluding carboxylic acids is 1. The molecule has 0 aliphatic carbocycles. The van der Waals surface area contributed by atoms with Crippen molar-refractivity contribution in [1.82, 2.24) is 20.2 Å². The van der Waals surface area contributed by atoms with Crippen molar-refractivity contribution >= 4 is 79.6 Å². The number of rotatable bonds is 5. The smallest absolute Gasteiger partial charge is 0.269 e. The second kappa shape index (κ2) is 9.54. The average molecular weight is 508 g/mol. The van der Waals surface area contributed by atoms with E-state index >= 15 is 0 Å². The number of amides is 1. The van der Waals surface area contributed by atoms with E-state index < -0.39 is 5.91 Å². The number of thioether (sulfide) groups is 1. The number of fused-ring (bicyclic) bond motifs is 1. The minimum atomic E-state index is -0.399. The third-order valence-electron chi connectivity index (χ3n) is 4.24. The molecule has 0 fully saturated rings. The van der Waals surface area contributed by atoms with Crippen LogP contribution >= 0.6 is 58.5 Å². The number of hydrogen-bond acceptors (Lipinski definition) is 6. The number of aromatic nitrogens is 3. The Morgan fingerprint density at radius 2 is 1.97 bits per heavy atom. The zero-order chi connectivity index (χ0) is 22.0. The quantitative estimate of drug-likeness (QED) is 0.268. The molecule has 11 heteroatoms. The van der Waals surface area contributed by atoms with Gasteiger partial charge >= 0.3 is 0 Å². The first-order valence-electron chi connectivity index (χ1n) is 9.01. The molecule has 0 spiro atoms. The lowest BCUT2D eigenvalue weighted by molar-refractivity contribution is 0.0981. The highest BCUT2D eigenvalue weighted by Gasteiger charge is 2.19. The lowest BCUT2D eigenvalue weighted by Gasteiger charge is -2.12. The monoisotopic (exact) mass is 507 g/mol. The average Bonchev–Trinajstić information content (AvgIpc) is 3.26. The molecule has 0 saturated carbocycles. The molecule has 0 unspecified atom stereocenters. The van der Waals surface area contributed by atoms with Crippen molar-refractivity contribution in [2.45, 2.75) is 17.8 Å². The molecule has 0 saturated heterocycles. The number of benzene rings is 2. The zero-order valence-corrected chi connectivity index (χ0v) is 20.0. The van der Waals surface area contributed by atoms with Crippen LogP contribution in [0.2, 0.25) is 10.0 Å². The van der Waals surface area contributed by atoms with Crippen LogP contribution in [-0.2, 0) is 5.75 Å². The van der Waals surface area contributed by atoms with Gasteiger partial charge in [0.05, 0.1) is 5.02 Å². The molecule has 0 radical (unpaired) electrons. The maximum absolute atomic E-state index is 12.7. The summed E-state index contributed by atoms with van der Waals surface area (Å²) in [7, 11) is 0. The van der Waals surface area contributed by atoms with Crippen LogP contribution in [0.5, 0.6) is 0 Å². The van der Waals surface area contributed by atoms with E-state index in [1.54, 1.807) is 29.8 Å².